The van der Waals surface area contributed by atoms with Crippen molar-refractivity contribution >= 4 is 22.6 Å². The molecule has 6 nitrogen and oxygen atoms in total. The highest BCUT2D eigenvalue weighted by atomic mass is 16.5. The normalized spacial score (nSPS) is 13.8. The fourth-order valence-corrected chi connectivity index (χ4v) is 3.02. The molecule has 2 heterocycles. The SMILES string of the molecule is O=C(Nc1ccccc1-c1nc2ccccc2[nH]1)c1cc(C2CC2)on1. The van der Waals surface area contributed by atoms with E-state index in [0.717, 1.165) is 35.2 Å². The van der Waals surface area contributed by atoms with Crippen LogP contribution in [0.2, 0.25) is 0 Å². The standard InChI is InChI=1S/C20H16N4O2/c25-20(17-11-18(26-24-17)12-9-10-12)23-14-6-2-1-5-13(14)19-21-15-7-3-4-8-16(15)22-19/h1-8,11-12H,9-10H2,(H,21,22)(H,23,25). The Morgan fingerprint density at radius 2 is 1.92 bits per heavy atom. The Bertz CT molecular complexity index is 1070. The third kappa shape index (κ3) is 2.65. The molecule has 6 heteroatoms. The molecule has 1 saturated carbocycles. The zero-order valence-corrected chi connectivity index (χ0v) is 13.9. The fourth-order valence-electron chi connectivity index (χ4n) is 3.02. The average molecular weight is 344 g/mol. The first kappa shape index (κ1) is 14.9. The maximum absolute atomic E-state index is 12.6. The molecule has 2 N–H and O–H groups in total. The molecule has 0 saturated heterocycles. The number of nitrogens with zero attached hydrogens (tertiary/aromatic N) is 2. The summed E-state index contributed by atoms with van der Waals surface area (Å²) in [4.78, 5) is 20.5. The van der Waals surface area contributed by atoms with Crippen LogP contribution in [0.25, 0.3) is 22.4 Å². The molecule has 0 bridgehead atoms. The van der Waals surface area contributed by atoms with Crippen molar-refractivity contribution < 1.29 is 9.32 Å². The summed E-state index contributed by atoms with van der Waals surface area (Å²) in [7, 11) is 0. The molecular formula is C20H16N4O2. The van der Waals surface area contributed by atoms with E-state index in [9.17, 15) is 4.79 Å². The second-order valence-electron chi connectivity index (χ2n) is 6.49. The lowest BCUT2D eigenvalue weighted by atomic mass is 10.1. The number of aromatic nitrogens is 3. The molecule has 1 aliphatic carbocycles. The van der Waals surface area contributed by atoms with Gasteiger partial charge in [-0.1, -0.05) is 29.4 Å². The first-order valence-electron chi connectivity index (χ1n) is 8.60. The Morgan fingerprint density at radius 3 is 2.77 bits per heavy atom. The lowest BCUT2D eigenvalue weighted by Crippen LogP contribution is -2.13. The number of carbonyl (C=O) groups is 1. The summed E-state index contributed by atoms with van der Waals surface area (Å²) in [6.07, 6.45) is 2.20. The quantitative estimate of drug-likeness (QED) is 0.576. The van der Waals surface area contributed by atoms with Gasteiger partial charge in [0.05, 0.1) is 16.7 Å². The minimum Gasteiger partial charge on any atom is -0.360 e. The monoisotopic (exact) mass is 344 g/mol. The first-order chi connectivity index (χ1) is 12.8. The van der Waals surface area contributed by atoms with Crippen LogP contribution in [0, 0.1) is 0 Å². The molecule has 0 aliphatic heterocycles. The smallest absolute Gasteiger partial charge is 0.277 e. The number of benzene rings is 2. The molecule has 26 heavy (non-hydrogen) atoms. The molecule has 0 spiro atoms. The number of aromatic amines is 1. The third-order valence-corrected chi connectivity index (χ3v) is 4.56. The van der Waals surface area contributed by atoms with Crippen LogP contribution in [0.1, 0.15) is 35.0 Å². The number of amides is 1. The van der Waals surface area contributed by atoms with Crippen molar-refractivity contribution in [2.75, 3.05) is 5.32 Å². The van der Waals surface area contributed by atoms with Crippen LogP contribution < -0.4 is 5.32 Å². The van der Waals surface area contributed by atoms with E-state index in [1.54, 1.807) is 6.07 Å². The molecule has 1 amide bonds. The van der Waals surface area contributed by atoms with Gasteiger partial charge in [-0.3, -0.25) is 4.79 Å². The molecule has 0 radical (unpaired) electrons. The number of para-hydroxylation sites is 3. The molecule has 4 aromatic rings. The predicted molar refractivity (Wildman–Crippen MR) is 98.0 cm³/mol. The van der Waals surface area contributed by atoms with Gasteiger partial charge >= 0.3 is 0 Å². The van der Waals surface area contributed by atoms with Crippen molar-refractivity contribution in [1.29, 1.82) is 0 Å². The van der Waals surface area contributed by atoms with Gasteiger partial charge in [0.25, 0.3) is 5.91 Å². The van der Waals surface area contributed by atoms with E-state index >= 15 is 0 Å². The van der Waals surface area contributed by atoms with Crippen LogP contribution in [0.5, 0.6) is 0 Å². The van der Waals surface area contributed by atoms with Crippen molar-refractivity contribution in [3.8, 4) is 11.4 Å². The van der Waals surface area contributed by atoms with Gasteiger partial charge in [0.2, 0.25) is 0 Å². The lowest BCUT2D eigenvalue weighted by Gasteiger charge is -2.07. The Balaban J connectivity index is 1.46. The van der Waals surface area contributed by atoms with Gasteiger partial charge in [-0.2, -0.15) is 0 Å². The second kappa shape index (κ2) is 5.84. The molecule has 5 rings (SSSR count). The van der Waals surface area contributed by atoms with E-state index in [0.29, 0.717) is 23.1 Å². The average Bonchev–Trinajstić information content (AvgIpc) is 3.23. The summed E-state index contributed by atoms with van der Waals surface area (Å²) < 4.78 is 5.27. The van der Waals surface area contributed by atoms with Crippen LogP contribution in [0.3, 0.4) is 0 Å². The van der Waals surface area contributed by atoms with E-state index in [2.05, 4.69) is 20.4 Å². The topological polar surface area (TPSA) is 83.8 Å². The summed E-state index contributed by atoms with van der Waals surface area (Å²) in [5, 5.41) is 6.82. The van der Waals surface area contributed by atoms with E-state index in [1.807, 2.05) is 48.5 Å². The molecular weight excluding hydrogens is 328 g/mol. The van der Waals surface area contributed by atoms with E-state index < -0.39 is 0 Å². The van der Waals surface area contributed by atoms with Gasteiger partial charge in [0.15, 0.2) is 5.69 Å². The molecule has 2 aromatic heterocycles. The number of H-pyrrole nitrogens is 1. The fraction of sp³-hybridized carbons (Fsp3) is 0.150. The van der Waals surface area contributed by atoms with E-state index in [1.165, 1.54) is 0 Å². The number of imidazole rings is 1. The van der Waals surface area contributed by atoms with Crippen molar-refractivity contribution in [3.05, 3.63) is 66.1 Å². The van der Waals surface area contributed by atoms with Crippen LogP contribution in [-0.4, -0.2) is 21.0 Å². The third-order valence-electron chi connectivity index (χ3n) is 4.56. The minimum absolute atomic E-state index is 0.288. The Morgan fingerprint density at radius 1 is 1.12 bits per heavy atom. The molecule has 128 valence electrons. The second-order valence-corrected chi connectivity index (χ2v) is 6.49. The van der Waals surface area contributed by atoms with Crippen LogP contribution in [0.15, 0.2) is 59.1 Å². The summed E-state index contributed by atoms with van der Waals surface area (Å²) in [5.41, 5.74) is 3.63. The van der Waals surface area contributed by atoms with E-state index in [-0.39, 0.29) is 5.91 Å². The zero-order chi connectivity index (χ0) is 17.5. The van der Waals surface area contributed by atoms with Crippen molar-refractivity contribution in [2.45, 2.75) is 18.8 Å². The van der Waals surface area contributed by atoms with Crippen LogP contribution >= 0.6 is 0 Å². The molecule has 2 aromatic carbocycles. The molecule has 0 unspecified atom stereocenters. The van der Waals surface area contributed by atoms with Gasteiger partial charge < -0.3 is 14.8 Å². The van der Waals surface area contributed by atoms with Gasteiger partial charge in [-0.15, -0.1) is 0 Å². The number of hydrogen-bond acceptors (Lipinski definition) is 4. The first-order valence-corrected chi connectivity index (χ1v) is 8.60. The summed E-state index contributed by atoms with van der Waals surface area (Å²) in [5.74, 6) is 1.64. The highest BCUT2D eigenvalue weighted by molar-refractivity contribution is 6.05. The number of anilines is 1. The summed E-state index contributed by atoms with van der Waals surface area (Å²) >= 11 is 0. The van der Waals surface area contributed by atoms with Gasteiger partial charge in [0.1, 0.15) is 11.6 Å². The van der Waals surface area contributed by atoms with Crippen molar-refractivity contribution in [1.82, 2.24) is 15.1 Å². The van der Waals surface area contributed by atoms with E-state index in [4.69, 9.17) is 4.52 Å². The highest BCUT2D eigenvalue weighted by Crippen LogP contribution is 2.40. The molecule has 0 atom stereocenters. The number of rotatable bonds is 4. The van der Waals surface area contributed by atoms with Gasteiger partial charge in [-0.25, -0.2) is 4.98 Å². The summed E-state index contributed by atoms with van der Waals surface area (Å²) in [6.45, 7) is 0. The van der Waals surface area contributed by atoms with Crippen LogP contribution in [0.4, 0.5) is 5.69 Å². The van der Waals surface area contributed by atoms with Crippen LogP contribution in [-0.2, 0) is 0 Å². The number of hydrogen-bond donors (Lipinski definition) is 2. The van der Waals surface area contributed by atoms with Gasteiger partial charge in [-0.05, 0) is 37.1 Å². The Labute approximate surface area is 149 Å². The summed E-state index contributed by atoms with van der Waals surface area (Å²) in [6, 6.07) is 17.1. The number of nitrogens with one attached hydrogen (secondary N) is 2. The maximum atomic E-state index is 12.6. The zero-order valence-electron chi connectivity index (χ0n) is 13.9. The highest BCUT2D eigenvalue weighted by Gasteiger charge is 2.29. The molecule has 1 fully saturated rings. The maximum Gasteiger partial charge on any atom is 0.277 e. The van der Waals surface area contributed by atoms with Crippen molar-refractivity contribution in [3.63, 3.8) is 0 Å². The van der Waals surface area contributed by atoms with Gasteiger partial charge in [0, 0.05) is 17.5 Å². The van der Waals surface area contributed by atoms with Crippen molar-refractivity contribution in [2.24, 2.45) is 0 Å². The lowest BCUT2D eigenvalue weighted by molar-refractivity contribution is 0.101. The number of carbonyl (C=O) groups excluding carboxylic acids is 1. The Kier molecular flexibility index (Phi) is 3.35. The Hall–Kier alpha value is -3.41. The minimum atomic E-state index is -0.288. The largest absolute Gasteiger partial charge is 0.360 e. The number of fused-ring (bicyclic) bond motifs is 1. The predicted octanol–water partition coefficient (Wildman–Crippen LogP) is 4.35. The molecule has 1 aliphatic rings.